The second-order valence-electron chi connectivity index (χ2n) is 5.00. The number of furan rings is 1. The topological polar surface area (TPSA) is 119 Å². The van der Waals surface area contributed by atoms with Gasteiger partial charge in [0.15, 0.2) is 0 Å². The normalized spacial score (nSPS) is 20.1. The number of piperidine rings is 1. The molecule has 0 radical (unpaired) electrons. The van der Waals surface area contributed by atoms with Crippen LogP contribution in [0.25, 0.3) is 0 Å². The van der Waals surface area contributed by atoms with E-state index in [1.807, 2.05) is 0 Å². The zero-order chi connectivity index (χ0) is 15.7. The predicted octanol–water partition coefficient (Wildman–Crippen LogP) is 0.595. The first-order chi connectivity index (χ1) is 10.5. The summed E-state index contributed by atoms with van der Waals surface area (Å²) in [6.07, 6.45) is 5.63. The average Bonchev–Trinajstić information content (AvgIpc) is 3.19. The molecule has 9 nitrogen and oxygen atoms in total. The molecule has 22 heavy (non-hydrogen) atoms. The Bertz CT molecular complexity index is 767. The van der Waals surface area contributed by atoms with E-state index in [1.54, 1.807) is 17.1 Å². The molecule has 3 heterocycles. The van der Waals surface area contributed by atoms with Gasteiger partial charge in [-0.25, -0.2) is 17.9 Å². The Morgan fingerprint density at radius 1 is 1.45 bits per heavy atom. The number of hydrogen-bond acceptors (Lipinski definition) is 6. The van der Waals surface area contributed by atoms with Gasteiger partial charge < -0.3 is 9.52 Å². The van der Waals surface area contributed by atoms with Crippen molar-refractivity contribution < 1.29 is 22.7 Å². The lowest BCUT2D eigenvalue weighted by molar-refractivity contribution is 0.0696. The molecule has 0 bridgehead atoms. The van der Waals surface area contributed by atoms with Crippen LogP contribution in [0.3, 0.4) is 0 Å². The first kappa shape index (κ1) is 14.7. The molecule has 0 spiro atoms. The van der Waals surface area contributed by atoms with E-state index in [0.717, 1.165) is 18.8 Å². The van der Waals surface area contributed by atoms with Crippen molar-refractivity contribution in [1.29, 1.82) is 0 Å². The molecule has 1 atom stereocenters. The van der Waals surface area contributed by atoms with E-state index < -0.39 is 16.0 Å². The van der Waals surface area contributed by atoms with Crippen molar-refractivity contribution in [3.8, 4) is 0 Å². The van der Waals surface area contributed by atoms with Crippen LogP contribution in [-0.2, 0) is 10.0 Å². The molecule has 10 heteroatoms. The Morgan fingerprint density at radius 3 is 2.91 bits per heavy atom. The number of carbonyl (C=O) groups is 1. The van der Waals surface area contributed by atoms with Gasteiger partial charge in [-0.2, -0.15) is 4.31 Å². The largest absolute Gasteiger partial charge is 0.478 e. The van der Waals surface area contributed by atoms with Crippen LogP contribution >= 0.6 is 0 Å². The molecule has 1 unspecified atom stereocenters. The monoisotopic (exact) mass is 326 g/mol. The summed E-state index contributed by atoms with van der Waals surface area (Å²) in [6.45, 7) is 0.603. The van der Waals surface area contributed by atoms with Gasteiger partial charge in [-0.15, -0.1) is 5.10 Å². The van der Waals surface area contributed by atoms with Crippen LogP contribution in [0.15, 0.2) is 34.2 Å². The smallest absolute Gasteiger partial charge is 0.339 e. The maximum atomic E-state index is 12.5. The molecule has 2 aromatic rings. The van der Waals surface area contributed by atoms with Crippen LogP contribution in [0.2, 0.25) is 0 Å². The Labute approximate surface area is 126 Å². The van der Waals surface area contributed by atoms with Crippen LogP contribution in [0.5, 0.6) is 0 Å². The standard InChI is InChI=1S/C12H14N4O5S/c17-12(18)9-6-11(21-8-9)22(19,20)15-4-1-2-10(7-15)16-5-3-13-14-16/h3,5-6,8,10H,1-2,4,7H2,(H,17,18). The summed E-state index contributed by atoms with van der Waals surface area (Å²) in [7, 11) is -3.86. The maximum Gasteiger partial charge on any atom is 0.339 e. The molecule has 1 aliphatic heterocycles. The second-order valence-corrected chi connectivity index (χ2v) is 6.87. The highest BCUT2D eigenvalue weighted by Gasteiger charge is 2.33. The number of sulfonamides is 1. The van der Waals surface area contributed by atoms with Gasteiger partial charge in [-0.3, -0.25) is 0 Å². The van der Waals surface area contributed by atoms with E-state index in [9.17, 15) is 13.2 Å². The zero-order valence-electron chi connectivity index (χ0n) is 11.5. The van der Waals surface area contributed by atoms with Crippen molar-refractivity contribution in [2.24, 2.45) is 0 Å². The Hall–Kier alpha value is -2.20. The van der Waals surface area contributed by atoms with E-state index in [1.165, 1.54) is 4.31 Å². The predicted molar refractivity (Wildman–Crippen MR) is 72.7 cm³/mol. The van der Waals surface area contributed by atoms with E-state index in [2.05, 4.69) is 10.3 Å². The Balaban J connectivity index is 1.83. The van der Waals surface area contributed by atoms with Crippen LogP contribution in [0.1, 0.15) is 29.2 Å². The molecule has 1 N–H and O–H groups in total. The summed E-state index contributed by atoms with van der Waals surface area (Å²) in [4.78, 5) is 10.8. The van der Waals surface area contributed by atoms with Crippen molar-refractivity contribution in [3.05, 3.63) is 30.3 Å². The first-order valence-electron chi connectivity index (χ1n) is 6.66. The van der Waals surface area contributed by atoms with Gasteiger partial charge in [-0.05, 0) is 12.8 Å². The van der Waals surface area contributed by atoms with Crippen molar-refractivity contribution in [1.82, 2.24) is 19.3 Å². The van der Waals surface area contributed by atoms with Crippen LogP contribution in [-0.4, -0.2) is 51.9 Å². The molecule has 0 amide bonds. The highest BCUT2D eigenvalue weighted by atomic mass is 32.2. The molecule has 1 saturated heterocycles. The Morgan fingerprint density at radius 2 is 2.27 bits per heavy atom. The second kappa shape index (κ2) is 5.54. The lowest BCUT2D eigenvalue weighted by atomic mass is 10.1. The highest BCUT2D eigenvalue weighted by molar-refractivity contribution is 7.89. The SMILES string of the molecule is O=C(O)c1coc(S(=O)(=O)N2CCCC(n3ccnn3)C2)c1. The van der Waals surface area contributed by atoms with Crippen molar-refractivity contribution in [3.63, 3.8) is 0 Å². The van der Waals surface area contributed by atoms with Gasteiger partial charge in [-0.1, -0.05) is 5.21 Å². The van der Waals surface area contributed by atoms with Crippen molar-refractivity contribution in [2.75, 3.05) is 13.1 Å². The van der Waals surface area contributed by atoms with E-state index >= 15 is 0 Å². The van der Waals surface area contributed by atoms with Gasteiger partial charge in [0, 0.05) is 25.4 Å². The molecule has 0 saturated carbocycles. The molecule has 118 valence electrons. The molecular formula is C12H14N4O5S. The number of aromatic nitrogens is 3. The van der Waals surface area contributed by atoms with Gasteiger partial charge in [0.1, 0.15) is 6.26 Å². The number of carboxylic acid groups (broad SMARTS) is 1. The molecule has 1 aliphatic rings. The van der Waals surface area contributed by atoms with Gasteiger partial charge in [0.05, 0.1) is 17.8 Å². The molecular weight excluding hydrogens is 312 g/mol. The fraction of sp³-hybridized carbons (Fsp3) is 0.417. The fourth-order valence-electron chi connectivity index (χ4n) is 2.46. The quantitative estimate of drug-likeness (QED) is 0.873. The molecule has 2 aromatic heterocycles. The van der Waals surface area contributed by atoms with Gasteiger partial charge in [0.2, 0.25) is 5.09 Å². The van der Waals surface area contributed by atoms with Crippen LogP contribution in [0, 0.1) is 0 Å². The van der Waals surface area contributed by atoms with Gasteiger partial charge >= 0.3 is 5.97 Å². The Kier molecular flexibility index (Phi) is 3.71. The third-order valence-corrected chi connectivity index (χ3v) is 5.32. The zero-order valence-corrected chi connectivity index (χ0v) is 12.3. The summed E-state index contributed by atoms with van der Waals surface area (Å²) >= 11 is 0. The minimum Gasteiger partial charge on any atom is -0.478 e. The third-order valence-electron chi connectivity index (χ3n) is 3.59. The lowest BCUT2D eigenvalue weighted by Crippen LogP contribution is -2.40. The van der Waals surface area contributed by atoms with E-state index in [4.69, 9.17) is 9.52 Å². The summed E-state index contributed by atoms with van der Waals surface area (Å²) in [5.41, 5.74) is -0.191. The van der Waals surface area contributed by atoms with Crippen molar-refractivity contribution in [2.45, 2.75) is 24.0 Å². The molecule has 0 aromatic carbocycles. The minimum absolute atomic E-state index is 0.0973. The van der Waals surface area contributed by atoms with Gasteiger partial charge in [0.25, 0.3) is 10.0 Å². The minimum atomic E-state index is -3.86. The number of nitrogens with zero attached hydrogens (tertiary/aromatic N) is 4. The summed E-state index contributed by atoms with van der Waals surface area (Å²) < 4.78 is 32.9. The first-order valence-corrected chi connectivity index (χ1v) is 8.10. The fourth-order valence-corrected chi connectivity index (χ4v) is 3.90. The number of carboxylic acids is 1. The lowest BCUT2D eigenvalue weighted by Gasteiger charge is -2.30. The van der Waals surface area contributed by atoms with Crippen molar-refractivity contribution >= 4 is 16.0 Å². The van der Waals surface area contributed by atoms with Crippen LogP contribution < -0.4 is 0 Å². The maximum absolute atomic E-state index is 12.5. The average molecular weight is 326 g/mol. The number of rotatable bonds is 4. The third kappa shape index (κ3) is 2.62. The summed E-state index contributed by atoms with van der Waals surface area (Å²) in [6, 6.07) is 0.927. The molecule has 3 rings (SSSR count). The summed E-state index contributed by atoms with van der Waals surface area (Å²) in [5, 5.41) is 16.1. The molecule has 0 aliphatic carbocycles. The van der Waals surface area contributed by atoms with E-state index in [-0.39, 0.29) is 23.2 Å². The number of aromatic carboxylic acids is 1. The number of hydrogen-bond donors (Lipinski definition) is 1. The van der Waals surface area contributed by atoms with Crippen LogP contribution in [0.4, 0.5) is 0 Å². The van der Waals surface area contributed by atoms with E-state index in [0.29, 0.717) is 13.0 Å². The molecule has 1 fully saturated rings. The highest BCUT2D eigenvalue weighted by Crippen LogP contribution is 2.26. The summed E-state index contributed by atoms with van der Waals surface area (Å²) in [5.74, 6) is -1.23.